The molecule has 0 aliphatic heterocycles. The van der Waals surface area contributed by atoms with Crippen LogP contribution in [0.25, 0.3) is 0 Å². The van der Waals surface area contributed by atoms with Crippen molar-refractivity contribution < 1.29 is 5.11 Å². The summed E-state index contributed by atoms with van der Waals surface area (Å²) in [7, 11) is -1.32. The lowest BCUT2D eigenvalue weighted by Crippen LogP contribution is -2.17. The molecular weight excluding hydrogens is 248 g/mol. The third-order valence-electron chi connectivity index (χ3n) is 3.19. The van der Waals surface area contributed by atoms with Gasteiger partial charge in [-0.05, 0) is 12.8 Å². The normalized spacial score (nSPS) is 12.9. The van der Waals surface area contributed by atoms with E-state index in [9.17, 15) is 5.11 Å². The second-order valence-electron chi connectivity index (χ2n) is 6.65. The topological polar surface area (TPSA) is 20.2 Å². The first-order valence-electron chi connectivity index (χ1n) is 8.16. The van der Waals surface area contributed by atoms with E-state index in [0.29, 0.717) is 0 Å². The van der Waals surface area contributed by atoms with E-state index < -0.39 is 14.2 Å². The second-order valence-corrected chi connectivity index (χ2v) is 11.4. The molecule has 1 atom stereocenters. The molecule has 0 saturated carbocycles. The third-order valence-corrected chi connectivity index (χ3v) is 4.09. The molecule has 112 valence electrons. The Morgan fingerprint density at radius 1 is 0.842 bits per heavy atom. The van der Waals surface area contributed by atoms with Gasteiger partial charge in [-0.3, -0.25) is 0 Å². The van der Waals surface area contributed by atoms with Crippen LogP contribution in [0.15, 0.2) is 0 Å². The minimum absolute atomic E-state index is 0.392. The van der Waals surface area contributed by atoms with Crippen LogP contribution >= 0.6 is 0 Å². The van der Waals surface area contributed by atoms with E-state index in [1.54, 1.807) is 0 Å². The molecule has 0 radical (unpaired) electrons. The minimum Gasteiger partial charge on any atom is -0.380 e. The van der Waals surface area contributed by atoms with E-state index in [1.165, 1.54) is 51.4 Å². The van der Waals surface area contributed by atoms with Crippen molar-refractivity contribution in [2.45, 2.75) is 96.9 Å². The van der Waals surface area contributed by atoms with E-state index in [-0.39, 0.29) is 0 Å². The van der Waals surface area contributed by atoms with Crippen molar-refractivity contribution in [1.29, 1.82) is 0 Å². The lowest BCUT2D eigenvalue weighted by molar-refractivity contribution is 0.217. The van der Waals surface area contributed by atoms with Crippen molar-refractivity contribution in [3.8, 4) is 11.5 Å². The Labute approximate surface area is 122 Å². The van der Waals surface area contributed by atoms with Gasteiger partial charge in [-0.2, -0.15) is 0 Å². The number of rotatable bonds is 10. The Balaban J connectivity index is 3.36. The van der Waals surface area contributed by atoms with Gasteiger partial charge in [-0.25, -0.2) is 0 Å². The van der Waals surface area contributed by atoms with Gasteiger partial charge in [-0.15, -0.1) is 5.54 Å². The fraction of sp³-hybridized carbons (Fsp3) is 0.882. The molecule has 0 spiro atoms. The average Bonchev–Trinajstić information content (AvgIpc) is 2.33. The summed E-state index contributed by atoms with van der Waals surface area (Å²) >= 11 is 0. The fourth-order valence-electron chi connectivity index (χ4n) is 2.02. The molecule has 0 unspecified atom stereocenters. The minimum atomic E-state index is -1.32. The molecular formula is C17H34OSi. The molecule has 1 nitrogen and oxygen atoms in total. The van der Waals surface area contributed by atoms with Crippen LogP contribution in [-0.4, -0.2) is 19.3 Å². The van der Waals surface area contributed by atoms with Crippen LogP contribution in [0.2, 0.25) is 19.6 Å². The third kappa shape index (κ3) is 15.7. The van der Waals surface area contributed by atoms with Gasteiger partial charge in [0.25, 0.3) is 0 Å². The van der Waals surface area contributed by atoms with E-state index in [2.05, 4.69) is 38.0 Å². The van der Waals surface area contributed by atoms with Crippen molar-refractivity contribution in [3.05, 3.63) is 0 Å². The first-order valence-corrected chi connectivity index (χ1v) is 11.7. The molecule has 0 aliphatic rings. The first kappa shape index (κ1) is 18.7. The molecule has 1 N–H and O–H groups in total. The summed E-state index contributed by atoms with van der Waals surface area (Å²) in [4.78, 5) is 0. The van der Waals surface area contributed by atoms with Gasteiger partial charge >= 0.3 is 0 Å². The zero-order valence-corrected chi connectivity index (χ0v) is 14.6. The molecule has 0 saturated heterocycles. The van der Waals surface area contributed by atoms with Gasteiger partial charge in [0, 0.05) is 0 Å². The highest BCUT2D eigenvalue weighted by atomic mass is 28.3. The Bertz CT molecular complexity index is 257. The van der Waals surface area contributed by atoms with Gasteiger partial charge < -0.3 is 5.11 Å². The van der Waals surface area contributed by atoms with E-state index in [1.807, 2.05) is 0 Å². The molecule has 0 heterocycles. The fourth-order valence-corrected chi connectivity index (χ4v) is 2.62. The van der Waals surface area contributed by atoms with Gasteiger partial charge in [0.05, 0.1) is 0 Å². The van der Waals surface area contributed by atoms with E-state index >= 15 is 0 Å². The Hall–Kier alpha value is -0.263. The molecule has 0 aromatic rings. The number of unbranched alkanes of at least 4 members (excludes halogenated alkanes) is 8. The molecule has 0 rings (SSSR count). The molecule has 0 bridgehead atoms. The van der Waals surface area contributed by atoms with E-state index in [0.717, 1.165) is 12.8 Å². The van der Waals surface area contributed by atoms with Crippen molar-refractivity contribution in [2.75, 3.05) is 0 Å². The molecule has 0 aromatic carbocycles. The van der Waals surface area contributed by atoms with Crippen LogP contribution in [0.4, 0.5) is 0 Å². The summed E-state index contributed by atoms with van der Waals surface area (Å²) in [5, 5.41) is 9.76. The van der Waals surface area contributed by atoms with Crippen LogP contribution in [0.5, 0.6) is 0 Å². The lowest BCUT2D eigenvalue weighted by atomic mass is 10.1. The highest BCUT2D eigenvalue weighted by Crippen LogP contribution is 2.11. The maximum absolute atomic E-state index is 9.76. The van der Waals surface area contributed by atoms with Crippen LogP contribution in [0.3, 0.4) is 0 Å². The summed E-state index contributed by atoms with van der Waals surface area (Å²) in [6, 6.07) is 0. The first-order chi connectivity index (χ1) is 8.95. The Morgan fingerprint density at radius 2 is 1.32 bits per heavy atom. The highest BCUT2D eigenvalue weighted by Gasteiger charge is 2.08. The Morgan fingerprint density at radius 3 is 1.79 bits per heavy atom. The van der Waals surface area contributed by atoms with Crippen LogP contribution < -0.4 is 0 Å². The summed E-state index contributed by atoms with van der Waals surface area (Å²) in [6.45, 7) is 8.90. The van der Waals surface area contributed by atoms with Gasteiger partial charge in [0.2, 0.25) is 0 Å². The number of hydrogen-bond donors (Lipinski definition) is 1. The predicted octanol–water partition coefficient (Wildman–Crippen LogP) is 5.15. The zero-order chi connectivity index (χ0) is 14.6. The highest BCUT2D eigenvalue weighted by molar-refractivity contribution is 6.83. The maximum atomic E-state index is 9.76. The molecule has 19 heavy (non-hydrogen) atoms. The molecule has 0 aliphatic carbocycles. The van der Waals surface area contributed by atoms with Crippen LogP contribution in [0.1, 0.15) is 71.1 Å². The number of aliphatic hydroxyl groups excluding tert-OH is 1. The van der Waals surface area contributed by atoms with Crippen LogP contribution in [-0.2, 0) is 0 Å². The van der Waals surface area contributed by atoms with Crippen molar-refractivity contribution >= 4 is 8.07 Å². The number of hydrogen-bond acceptors (Lipinski definition) is 1. The van der Waals surface area contributed by atoms with E-state index in [4.69, 9.17) is 0 Å². The quantitative estimate of drug-likeness (QED) is 0.334. The summed E-state index contributed by atoms with van der Waals surface area (Å²) in [5.74, 6) is 3.02. The second kappa shape index (κ2) is 11.6. The predicted molar refractivity (Wildman–Crippen MR) is 89.0 cm³/mol. The molecule has 0 fully saturated rings. The standard InChI is InChI=1S/C17H34OSi/c1-5-6-7-8-9-10-11-12-13-14-17(18)15-16-19(2,3)4/h17-18H,5-14H2,1-4H3/t17-/m0/s1. The SMILES string of the molecule is CCCCCCCCCCC[C@H](O)C#C[Si](C)(C)C. The number of aliphatic hydroxyl groups is 1. The van der Waals surface area contributed by atoms with Crippen molar-refractivity contribution in [3.63, 3.8) is 0 Å². The maximum Gasteiger partial charge on any atom is 0.129 e. The van der Waals surface area contributed by atoms with Crippen molar-refractivity contribution in [2.24, 2.45) is 0 Å². The van der Waals surface area contributed by atoms with Gasteiger partial charge in [-0.1, -0.05) is 83.9 Å². The van der Waals surface area contributed by atoms with Crippen LogP contribution in [0, 0.1) is 11.5 Å². The summed E-state index contributed by atoms with van der Waals surface area (Å²) < 4.78 is 0. The Kier molecular flexibility index (Phi) is 11.4. The van der Waals surface area contributed by atoms with Gasteiger partial charge in [0.1, 0.15) is 14.2 Å². The molecule has 2 heteroatoms. The average molecular weight is 283 g/mol. The lowest BCUT2D eigenvalue weighted by Gasteiger charge is -2.07. The molecule has 0 aromatic heterocycles. The largest absolute Gasteiger partial charge is 0.380 e. The summed E-state index contributed by atoms with van der Waals surface area (Å²) in [5.41, 5.74) is 3.24. The molecule has 0 amide bonds. The summed E-state index contributed by atoms with van der Waals surface area (Å²) in [6.07, 6.45) is 12.4. The zero-order valence-electron chi connectivity index (χ0n) is 13.6. The van der Waals surface area contributed by atoms with Gasteiger partial charge in [0.15, 0.2) is 0 Å². The van der Waals surface area contributed by atoms with Crippen molar-refractivity contribution in [1.82, 2.24) is 0 Å². The monoisotopic (exact) mass is 282 g/mol. The smallest absolute Gasteiger partial charge is 0.129 e.